The van der Waals surface area contributed by atoms with E-state index in [0.717, 1.165) is 5.56 Å². The molecule has 0 saturated carbocycles. The van der Waals surface area contributed by atoms with Crippen LogP contribution in [0.4, 0.5) is 0 Å². The van der Waals surface area contributed by atoms with Crippen molar-refractivity contribution in [3.63, 3.8) is 0 Å². The molecule has 1 fully saturated rings. The van der Waals surface area contributed by atoms with E-state index < -0.39 is 10.0 Å². The van der Waals surface area contributed by atoms with Crippen molar-refractivity contribution in [3.05, 3.63) is 29.8 Å². The largest absolute Gasteiger partial charge is 0.243 e. The smallest absolute Gasteiger partial charge is 0.207 e. The van der Waals surface area contributed by atoms with Crippen molar-refractivity contribution in [2.24, 2.45) is 5.92 Å². The third-order valence-electron chi connectivity index (χ3n) is 3.35. The number of benzene rings is 1. The first-order valence-electron chi connectivity index (χ1n) is 6.01. The van der Waals surface area contributed by atoms with Crippen LogP contribution in [0.3, 0.4) is 0 Å². The molecule has 2 rings (SSSR count). The standard InChI is InChI=1S/C13H16N2O2S/c1-11-4-2-3-5-13(11)18(16,17)15-8-6-12(10-14)7-9-15/h2-5,12H,6-9H2,1H3. The van der Waals surface area contributed by atoms with E-state index in [2.05, 4.69) is 6.07 Å². The molecule has 0 aliphatic carbocycles. The molecule has 1 aromatic rings. The summed E-state index contributed by atoms with van der Waals surface area (Å²) in [7, 11) is -3.40. The van der Waals surface area contributed by atoms with E-state index in [1.54, 1.807) is 25.1 Å². The van der Waals surface area contributed by atoms with Crippen LogP contribution < -0.4 is 0 Å². The van der Waals surface area contributed by atoms with Gasteiger partial charge in [0.05, 0.1) is 11.0 Å². The molecule has 1 aromatic carbocycles. The van der Waals surface area contributed by atoms with Gasteiger partial charge in [-0.2, -0.15) is 9.57 Å². The minimum absolute atomic E-state index is 0.00618. The summed E-state index contributed by atoms with van der Waals surface area (Å²) in [6, 6.07) is 9.21. The van der Waals surface area contributed by atoms with Crippen LogP contribution in [0.25, 0.3) is 0 Å². The predicted octanol–water partition coefficient (Wildman–Crippen LogP) is 1.92. The van der Waals surface area contributed by atoms with Gasteiger partial charge in [0.1, 0.15) is 0 Å². The van der Waals surface area contributed by atoms with Gasteiger partial charge in [0.15, 0.2) is 0 Å². The summed E-state index contributed by atoms with van der Waals surface area (Å²) in [6.45, 7) is 2.68. The fourth-order valence-electron chi connectivity index (χ4n) is 2.21. The third-order valence-corrected chi connectivity index (χ3v) is 5.41. The number of hydrogen-bond acceptors (Lipinski definition) is 3. The average molecular weight is 264 g/mol. The van der Waals surface area contributed by atoms with Gasteiger partial charge < -0.3 is 0 Å². The topological polar surface area (TPSA) is 61.2 Å². The summed E-state index contributed by atoms with van der Waals surface area (Å²) in [6.07, 6.45) is 1.25. The first-order chi connectivity index (χ1) is 8.55. The van der Waals surface area contributed by atoms with Crippen LogP contribution in [0.1, 0.15) is 18.4 Å². The van der Waals surface area contributed by atoms with Crippen LogP contribution in [0.5, 0.6) is 0 Å². The molecule has 0 N–H and O–H groups in total. The van der Waals surface area contributed by atoms with E-state index in [9.17, 15) is 8.42 Å². The van der Waals surface area contributed by atoms with Gasteiger partial charge >= 0.3 is 0 Å². The molecule has 18 heavy (non-hydrogen) atoms. The molecule has 4 nitrogen and oxygen atoms in total. The lowest BCUT2D eigenvalue weighted by atomic mass is 10.0. The molecule has 0 spiro atoms. The van der Waals surface area contributed by atoms with Gasteiger partial charge in [0.2, 0.25) is 10.0 Å². The predicted molar refractivity (Wildman–Crippen MR) is 68.3 cm³/mol. The lowest BCUT2D eigenvalue weighted by molar-refractivity contribution is 0.310. The quantitative estimate of drug-likeness (QED) is 0.820. The molecular weight excluding hydrogens is 248 g/mol. The molecule has 0 unspecified atom stereocenters. The summed E-state index contributed by atoms with van der Waals surface area (Å²) in [5.74, 6) is -0.00618. The number of aryl methyl sites for hydroxylation is 1. The van der Waals surface area contributed by atoms with E-state index >= 15 is 0 Å². The molecule has 0 aromatic heterocycles. The molecule has 0 atom stereocenters. The lowest BCUT2D eigenvalue weighted by Crippen LogP contribution is -2.38. The van der Waals surface area contributed by atoms with E-state index in [4.69, 9.17) is 5.26 Å². The van der Waals surface area contributed by atoms with E-state index in [0.29, 0.717) is 30.8 Å². The molecule has 0 bridgehead atoms. The monoisotopic (exact) mass is 264 g/mol. The van der Waals surface area contributed by atoms with Crippen molar-refractivity contribution in [1.82, 2.24) is 4.31 Å². The van der Waals surface area contributed by atoms with E-state index in [1.165, 1.54) is 4.31 Å². The fourth-order valence-corrected chi connectivity index (χ4v) is 3.91. The Morgan fingerprint density at radius 1 is 1.28 bits per heavy atom. The van der Waals surface area contributed by atoms with Crippen LogP contribution in [0.15, 0.2) is 29.2 Å². The van der Waals surface area contributed by atoms with Crippen molar-refractivity contribution in [3.8, 4) is 6.07 Å². The second-order valence-corrected chi connectivity index (χ2v) is 6.48. The fraction of sp³-hybridized carbons (Fsp3) is 0.462. The molecule has 96 valence electrons. The number of nitriles is 1. The SMILES string of the molecule is Cc1ccccc1S(=O)(=O)N1CCC(C#N)CC1. The molecule has 0 amide bonds. The molecular formula is C13H16N2O2S. The molecule has 1 heterocycles. The van der Waals surface area contributed by atoms with Crippen molar-refractivity contribution in [2.75, 3.05) is 13.1 Å². The number of sulfonamides is 1. The van der Waals surface area contributed by atoms with Crippen molar-refractivity contribution in [2.45, 2.75) is 24.7 Å². The number of nitrogens with zero attached hydrogens (tertiary/aromatic N) is 2. The molecule has 0 radical (unpaired) electrons. The maximum absolute atomic E-state index is 12.4. The van der Waals surface area contributed by atoms with Gasteiger partial charge in [-0.05, 0) is 31.4 Å². The summed E-state index contributed by atoms with van der Waals surface area (Å²) in [5.41, 5.74) is 0.764. The Morgan fingerprint density at radius 3 is 2.44 bits per heavy atom. The van der Waals surface area contributed by atoms with Gasteiger partial charge in [0, 0.05) is 19.0 Å². The Morgan fingerprint density at radius 2 is 1.89 bits per heavy atom. The van der Waals surface area contributed by atoms with Gasteiger partial charge in [0.25, 0.3) is 0 Å². The minimum Gasteiger partial charge on any atom is -0.207 e. The van der Waals surface area contributed by atoms with Crippen LogP contribution in [-0.4, -0.2) is 25.8 Å². The van der Waals surface area contributed by atoms with Gasteiger partial charge in [-0.1, -0.05) is 18.2 Å². The number of hydrogen-bond donors (Lipinski definition) is 0. The number of piperidine rings is 1. The highest BCUT2D eigenvalue weighted by molar-refractivity contribution is 7.89. The number of rotatable bonds is 2. The molecule has 5 heteroatoms. The van der Waals surface area contributed by atoms with Crippen LogP contribution in [0.2, 0.25) is 0 Å². The summed E-state index contributed by atoms with van der Waals surface area (Å²) >= 11 is 0. The zero-order chi connectivity index (χ0) is 13.2. The van der Waals surface area contributed by atoms with E-state index in [-0.39, 0.29) is 5.92 Å². The third kappa shape index (κ3) is 2.40. The Bertz CT molecular complexity index is 567. The Balaban J connectivity index is 2.24. The van der Waals surface area contributed by atoms with Gasteiger partial charge in [-0.3, -0.25) is 0 Å². The molecule has 1 aliphatic heterocycles. The normalized spacial score (nSPS) is 18.4. The van der Waals surface area contributed by atoms with Crippen LogP contribution >= 0.6 is 0 Å². The highest BCUT2D eigenvalue weighted by atomic mass is 32.2. The van der Waals surface area contributed by atoms with E-state index in [1.807, 2.05) is 6.07 Å². The zero-order valence-corrected chi connectivity index (χ0v) is 11.2. The second-order valence-electron chi connectivity index (χ2n) is 4.57. The second kappa shape index (κ2) is 5.09. The Labute approximate surface area is 108 Å². The Kier molecular flexibility index (Phi) is 3.69. The van der Waals surface area contributed by atoms with Crippen molar-refractivity contribution in [1.29, 1.82) is 5.26 Å². The van der Waals surface area contributed by atoms with Crippen LogP contribution in [-0.2, 0) is 10.0 Å². The first kappa shape index (κ1) is 13.1. The maximum atomic E-state index is 12.4. The van der Waals surface area contributed by atoms with Gasteiger partial charge in [-0.15, -0.1) is 0 Å². The van der Waals surface area contributed by atoms with Crippen molar-refractivity contribution >= 4 is 10.0 Å². The highest BCUT2D eigenvalue weighted by Gasteiger charge is 2.29. The first-order valence-corrected chi connectivity index (χ1v) is 7.45. The zero-order valence-electron chi connectivity index (χ0n) is 10.3. The summed E-state index contributed by atoms with van der Waals surface area (Å²) in [4.78, 5) is 0.375. The molecule has 1 saturated heterocycles. The summed E-state index contributed by atoms with van der Waals surface area (Å²) < 4.78 is 26.4. The molecule has 1 aliphatic rings. The van der Waals surface area contributed by atoms with Gasteiger partial charge in [-0.25, -0.2) is 8.42 Å². The average Bonchev–Trinajstić information content (AvgIpc) is 2.39. The van der Waals surface area contributed by atoms with Crippen LogP contribution in [0, 0.1) is 24.2 Å². The lowest BCUT2D eigenvalue weighted by Gasteiger charge is -2.28. The summed E-state index contributed by atoms with van der Waals surface area (Å²) in [5, 5.41) is 8.82. The minimum atomic E-state index is -3.40. The highest BCUT2D eigenvalue weighted by Crippen LogP contribution is 2.24. The maximum Gasteiger partial charge on any atom is 0.243 e. The van der Waals surface area contributed by atoms with Crippen molar-refractivity contribution < 1.29 is 8.42 Å². The Hall–Kier alpha value is -1.38.